The molecule has 0 unspecified atom stereocenters. The summed E-state index contributed by atoms with van der Waals surface area (Å²) in [7, 11) is -4.43. The average Bonchev–Trinajstić information content (AvgIpc) is 2.80. The van der Waals surface area contributed by atoms with E-state index in [1.807, 2.05) is 0 Å². The highest BCUT2D eigenvalue weighted by Gasteiger charge is 2.27. The van der Waals surface area contributed by atoms with Crippen LogP contribution in [-0.4, -0.2) is 27.9 Å². The fourth-order valence-electron chi connectivity index (χ4n) is 3.52. The van der Waals surface area contributed by atoms with Gasteiger partial charge in [0.1, 0.15) is 22.7 Å². The number of aromatic nitrogens is 4. The second-order valence-electron chi connectivity index (χ2n) is 8.06. The molecule has 0 aliphatic rings. The second kappa shape index (κ2) is 9.18. The molecule has 0 atom stereocenters. The van der Waals surface area contributed by atoms with Gasteiger partial charge >= 0.3 is 0 Å². The normalized spacial score (nSPS) is 11.9. The van der Waals surface area contributed by atoms with E-state index in [0.29, 0.717) is 6.07 Å². The molecule has 2 aromatic heterocycles. The minimum atomic E-state index is -4.43. The second-order valence-corrected chi connectivity index (χ2v) is 9.79. The first-order valence-electron chi connectivity index (χ1n) is 10.4. The summed E-state index contributed by atoms with van der Waals surface area (Å²) in [6.07, 6.45) is 1.17. The van der Waals surface area contributed by atoms with Gasteiger partial charge in [0.15, 0.2) is 23.1 Å². The van der Waals surface area contributed by atoms with Gasteiger partial charge in [0.2, 0.25) is 16.0 Å². The maximum absolute atomic E-state index is 15.1. The third-order valence-corrected chi connectivity index (χ3v) is 6.34. The lowest BCUT2D eigenvalue weighted by Gasteiger charge is -2.16. The van der Waals surface area contributed by atoms with Gasteiger partial charge in [-0.05, 0) is 37.6 Å². The number of nitrogens with one attached hydrogen (secondary N) is 1. The van der Waals surface area contributed by atoms with Crippen molar-refractivity contribution in [2.45, 2.75) is 25.6 Å². The molecule has 36 heavy (non-hydrogen) atoms. The summed E-state index contributed by atoms with van der Waals surface area (Å²) < 4.78 is 85.6. The monoisotopic (exact) mass is 522 g/mol. The maximum Gasteiger partial charge on any atom is 0.279 e. The van der Waals surface area contributed by atoms with Gasteiger partial charge in [0.05, 0.1) is 11.9 Å². The van der Waals surface area contributed by atoms with Gasteiger partial charge in [-0.2, -0.15) is 4.98 Å². The molecule has 0 fully saturated rings. The molecule has 0 aliphatic carbocycles. The number of sulfonamides is 1. The summed E-state index contributed by atoms with van der Waals surface area (Å²) in [4.78, 5) is 24.8. The van der Waals surface area contributed by atoms with Crippen molar-refractivity contribution in [1.29, 1.82) is 0 Å². The molecule has 0 saturated carbocycles. The fraction of sp³-hybridized carbons (Fsp3) is 0.182. The van der Waals surface area contributed by atoms with Crippen LogP contribution in [0.4, 0.5) is 29.2 Å². The molecule has 2 heterocycles. The number of halogens is 4. The number of anilines is 2. The molecule has 14 heteroatoms. The molecule has 0 aliphatic heterocycles. The molecule has 188 valence electrons. The average molecular weight is 522 g/mol. The van der Waals surface area contributed by atoms with Crippen molar-refractivity contribution in [3.63, 3.8) is 0 Å². The lowest BCUT2D eigenvalue weighted by Crippen LogP contribution is -2.27. The zero-order valence-electron chi connectivity index (χ0n) is 18.8. The van der Waals surface area contributed by atoms with Gasteiger partial charge in [-0.1, -0.05) is 12.1 Å². The van der Waals surface area contributed by atoms with E-state index < -0.39 is 67.6 Å². The largest absolute Gasteiger partial charge is 0.368 e. The quantitative estimate of drug-likeness (QED) is 0.292. The van der Waals surface area contributed by atoms with E-state index in [1.165, 1.54) is 18.3 Å². The van der Waals surface area contributed by atoms with Crippen molar-refractivity contribution < 1.29 is 26.0 Å². The van der Waals surface area contributed by atoms with Crippen LogP contribution in [0.15, 0.2) is 41.3 Å². The molecule has 0 spiro atoms. The van der Waals surface area contributed by atoms with Crippen LogP contribution in [0.5, 0.6) is 0 Å². The van der Waals surface area contributed by atoms with Gasteiger partial charge in [0.25, 0.3) is 5.56 Å². The van der Waals surface area contributed by atoms with Crippen LogP contribution < -0.4 is 16.0 Å². The Morgan fingerprint density at radius 1 is 1.06 bits per heavy atom. The van der Waals surface area contributed by atoms with Crippen LogP contribution in [-0.2, 0) is 15.8 Å². The minimum Gasteiger partial charge on any atom is -0.368 e. The Morgan fingerprint density at radius 3 is 2.36 bits per heavy atom. The molecule has 3 N–H and O–H groups in total. The number of nitrogen functional groups attached to an aromatic ring is 1. The molecule has 4 rings (SSSR count). The van der Waals surface area contributed by atoms with Gasteiger partial charge in [-0.25, -0.2) is 35.9 Å². The van der Waals surface area contributed by atoms with Crippen molar-refractivity contribution in [3.8, 4) is 11.3 Å². The molecule has 0 bridgehead atoms. The van der Waals surface area contributed by atoms with Crippen molar-refractivity contribution in [3.05, 3.63) is 75.7 Å². The van der Waals surface area contributed by atoms with E-state index in [-0.39, 0.29) is 22.7 Å². The Morgan fingerprint density at radius 2 is 1.72 bits per heavy atom. The lowest BCUT2D eigenvalue weighted by atomic mass is 10.1. The number of benzene rings is 2. The number of hydrogen-bond acceptors (Lipinski definition) is 7. The smallest absolute Gasteiger partial charge is 0.279 e. The first kappa shape index (κ1) is 25.0. The highest BCUT2D eigenvalue weighted by atomic mass is 32.2. The Balaban J connectivity index is 1.81. The maximum atomic E-state index is 15.1. The molecular weight excluding hydrogens is 504 g/mol. The van der Waals surface area contributed by atoms with Crippen molar-refractivity contribution in [2.24, 2.45) is 0 Å². The van der Waals surface area contributed by atoms with E-state index in [9.17, 15) is 26.4 Å². The molecule has 2 aromatic carbocycles. The minimum absolute atomic E-state index is 0.0109. The zero-order valence-corrected chi connectivity index (χ0v) is 19.6. The third-order valence-electron chi connectivity index (χ3n) is 5.11. The van der Waals surface area contributed by atoms with Gasteiger partial charge < -0.3 is 5.73 Å². The fourth-order valence-corrected chi connectivity index (χ4v) is 4.72. The summed E-state index contributed by atoms with van der Waals surface area (Å²) >= 11 is 0. The van der Waals surface area contributed by atoms with Crippen LogP contribution >= 0.6 is 0 Å². The third kappa shape index (κ3) is 4.71. The molecule has 4 aromatic rings. The zero-order chi connectivity index (χ0) is 26.4. The topological polar surface area (TPSA) is 133 Å². The molecule has 9 nitrogen and oxygen atoms in total. The van der Waals surface area contributed by atoms with E-state index in [0.717, 1.165) is 16.7 Å². The van der Waals surface area contributed by atoms with Crippen molar-refractivity contribution >= 4 is 32.8 Å². The first-order chi connectivity index (χ1) is 16.9. The Kier molecular flexibility index (Phi) is 6.39. The Hall–Kier alpha value is -4.07. The number of nitrogens with two attached hydrogens (primary N) is 1. The van der Waals surface area contributed by atoms with Crippen molar-refractivity contribution in [1.82, 2.24) is 19.5 Å². The predicted octanol–water partition coefficient (Wildman–Crippen LogP) is 3.51. The molecule has 0 amide bonds. The van der Waals surface area contributed by atoms with E-state index in [1.54, 1.807) is 18.6 Å². The first-order valence-corrected chi connectivity index (χ1v) is 12.0. The van der Waals surface area contributed by atoms with Crippen molar-refractivity contribution in [2.75, 3.05) is 10.5 Å². The number of hydrogen-bond donors (Lipinski definition) is 2. The summed E-state index contributed by atoms with van der Waals surface area (Å²) in [6.45, 7) is 3.25. The number of nitrogens with zero attached hydrogens (tertiary/aromatic N) is 4. The summed E-state index contributed by atoms with van der Waals surface area (Å²) in [6, 6.07) is 4.32. The summed E-state index contributed by atoms with van der Waals surface area (Å²) in [5.41, 5.74) is 2.11. The number of rotatable bonds is 6. The van der Waals surface area contributed by atoms with E-state index in [2.05, 4.69) is 15.0 Å². The number of fused-ring (bicyclic) bond motifs is 1. The summed E-state index contributed by atoms with van der Waals surface area (Å²) in [5, 5.41) is 0. The SMILES string of the molecule is CC(C)n1c(=O)c(-c2cc(F)c(NS(=O)(=O)Cc3ccc(F)cc3)c(F)c2F)nc2cnc(N)nc21. The Bertz CT molecular complexity index is 1660. The van der Waals surface area contributed by atoms with Gasteiger partial charge in [-0.3, -0.25) is 14.1 Å². The lowest BCUT2D eigenvalue weighted by molar-refractivity contribution is 0.501. The highest BCUT2D eigenvalue weighted by molar-refractivity contribution is 7.91. The molecular formula is C22H18F4N6O3S. The van der Waals surface area contributed by atoms with Crippen LogP contribution in [0, 0.1) is 23.3 Å². The van der Waals surface area contributed by atoms with Crippen LogP contribution in [0.1, 0.15) is 25.5 Å². The van der Waals surface area contributed by atoms with E-state index in [4.69, 9.17) is 5.73 Å². The molecule has 0 saturated heterocycles. The van der Waals surface area contributed by atoms with Crippen LogP contribution in [0.3, 0.4) is 0 Å². The Labute approximate surface area is 201 Å². The standard InChI is InChI=1S/C22H18F4N6O3S/c1-10(2)32-20-15(8-28-22(27)30-20)29-18(21(32)33)13-7-14(24)19(17(26)16(13)25)31-36(34,35)9-11-3-5-12(23)6-4-11/h3-8,10,31H,9H2,1-2H3,(H2,27,28,30). The van der Waals surface area contributed by atoms with Crippen LogP contribution in [0.2, 0.25) is 0 Å². The van der Waals surface area contributed by atoms with Gasteiger partial charge in [-0.15, -0.1) is 0 Å². The molecule has 0 radical (unpaired) electrons. The van der Waals surface area contributed by atoms with Crippen LogP contribution in [0.25, 0.3) is 22.4 Å². The van der Waals surface area contributed by atoms with E-state index >= 15 is 4.39 Å². The summed E-state index contributed by atoms with van der Waals surface area (Å²) in [5.74, 6) is -6.58. The highest BCUT2D eigenvalue weighted by Crippen LogP contribution is 2.31. The van der Waals surface area contributed by atoms with Gasteiger partial charge in [0, 0.05) is 11.6 Å². The predicted molar refractivity (Wildman–Crippen MR) is 124 cm³/mol.